The van der Waals surface area contributed by atoms with E-state index in [1.54, 1.807) is 7.05 Å². The van der Waals surface area contributed by atoms with Crippen molar-refractivity contribution < 1.29 is 9.59 Å². The molecule has 1 aliphatic rings. The van der Waals surface area contributed by atoms with Crippen molar-refractivity contribution >= 4 is 23.2 Å². The molecule has 21 heavy (non-hydrogen) atoms. The van der Waals surface area contributed by atoms with Crippen molar-refractivity contribution in [1.82, 2.24) is 10.2 Å². The van der Waals surface area contributed by atoms with E-state index in [4.69, 9.17) is 0 Å². The lowest BCUT2D eigenvalue weighted by Gasteiger charge is -2.30. The van der Waals surface area contributed by atoms with Gasteiger partial charge in [-0.3, -0.25) is 9.59 Å². The van der Waals surface area contributed by atoms with Gasteiger partial charge in [0.25, 0.3) is 0 Å². The van der Waals surface area contributed by atoms with Gasteiger partial charge < -0.3 is 20.9 Å². The van der Waals surface area contributed by atoms with Crippen LogP contribution in [0.3, 0.4) is 0 Å². The quantitative estimate of drug-likeness (QED) is 0.769. The first-order valence-corrected chi connectivity index (χ1v) is 7.11. The van der Waals surface area contributed by atoms with Crippen LogP contribution in [0, 0.1) is 0 Å². The molecule has 0 saturated heterocycles. The molecular formula is C15H22N4O2. The maximum absolute atomic E-state index is 12.4. The lowest BCUT2D eigenvalue weighted by atomic mass is 10.1. The van der Waals surface area contributed by atoms with E-state index in [1.807, 2.05) is 38.1 Å². The zero-order valence-corrected chi connectivity index (χ0v) is 12.6. The molecule has 2 amide bonds. The molecule has 0 aliphatic carbocycles. The maximum atomic E-state index is 12.4. The minimum atomic E-state index is -0.364. The molecule has 0 bridgehead atoms. The Hall–Kier alpha value is -2.24. The number of hydrogen-bond donors (Lipinski definition) is 3. The van der Waals surface area contributed by atoms with Crippen LogP contribution < -0.4 is 16.0 Å². The fourth-order valence-electron chi connectivity index (χ4n) is 2.29. The Labute approximate surface area is 124 Å². The Balaban J connectivity index is 1.93. The number of fused-ring (bicyclic) bond motifs is 1. The van der Waals surface area contributed by atoms with Crippen molar-refractivity contribution in [2.75, 3.05) is 30.8 Å². The molecule has 6 nitrogen and oxygen atoms in total. The first kappa shape index (κ1) is 15.2. The highest BCUT2D eigenvalue weighted by Crippen LogP contribution is 2.25. The number of rotatable bonds is 4. The molecule has 1 unspecified atom stereocenters. The Kier molecular flexibility index (Phi) is 4.67. The molecule has 1 aliphatic heterocycles. The zero-order valence-electron chi connectivity index (χ0n) is 12.6. The molecule has 1 heterocycles. The van der Waals surface area contributed by atoms with Crippen LogP contribution in [0.2, 0.25) is 0 Å². The van der Waals surface area contributed by atoms with E-state index in [0.29, 0.717) is 6.54 Å². The second-order valence-electron chi connectivity index (χ2n) is 5.54. The van der Waals surface area contributed by atoms with E-state index in [1.165, 1.54) is 4.90 Å². The summed E-state index contributed by atoms with van der Waals surface area (Å²) in [6.07, 6.45) is 0. The van der Waals surface area contributed by atoms with Crippen LogP contribution in [-0.4, -0.2) is 48.9 Å². The fraction of sp³-hybridized carbons (Fsp3) is 0.467. The van der Waals surface area contributed by atoms with Crippen LogP contribution in [0.4, 0.5) is 11.4 Å². The summed E-state index contributed by atoms with van der Waals surface area (Å²) in [6.45, 7) is 4.36. The lowest BCUT2D eigenvalue weighted by Crippen LogP contribution is -2.49. The number of carbonyl (C=O) groups is 2. The second kappa shape index (κ2) is 6.47. The monoisotopic (exact) mass is 290 g/mol. The third kappa shape index (κ3) is 3.87. The molecule has 0 radical (unpaired) electrons. The van der Waals surface area contributed by atoms with Gasteiger partial charge in [0.15, 0.2) is 0 Å². The molecule has 6 heteroatoms. The number of amides is 2. The van der Waals surface area contributed by atoms with E-state index >= 15 is 0 Å². The van der Waals surface area contributed by atoms with E-state index < -0.39 is 0 Å². The topological polar surface area (TPSA) is 73.5 Å². The standard InChI is InChI=1S/C15H22N4O2/c1-10(2)17-14(20)9-19(3)15(21)13-8-16-11-6-4-5-7-12(11)18-13/h4-7,10,13,16,18H,8-9H2,1-3H3,(H,17,20). The van der Waals surface area contributed by atoms with Gasteiger partial charge >= 0.3 is 0 Å². The number of nitrogens with one attached hydrogen (secondary N) is 3. The second-order valence-corrected chi connectivity index (χ2v) is 5.54. The molecule has 1 aromatic carbocycles. The molecule has 1 atom stereocenters. The first-order valence-electron chi connectivity index (χ1n) is 7.11. The summed E-state index contributed by atoms with van der Waals surface area (Å²) in [7, 11) is 1.64. The molecule has 0 aromatic heterocycles. The SMILES string of the molecule is CC(C)NC(=O)CN(C)C(=O)C1CNc2ccccc2N1. The summed E-state index contributed by atoms with van der Waals surface area (Å²) >= 11 is 0. The van der Waals surface area contributed by atoms with Gasteiger partial charge in [0.2, 0.25) is 11.8 Å². The number of para-hydroxylation sites is 2. The Morgan fingerprint density at radius 2 is 2.00 bits per heavy atom. The van der Waals surface area contributed by atoms with E-state index in [0.717, 1.165) is 11.4 Å². The molecular weight excluding hydrogens is 268 g/mol. The van der Waals surface area contributed by atoms with Crippen LogP contribution in [0.15, 0.2) is 24.3 Å². The van der Waals surface area contributed by atoms with Gasteiger partial charge in [0, 0.05) is 19.6 Å². The summed E-state index contributed by atoms with van der Waals surface area (Å²) in [5.74, 6) is -0.249. The van der Waals surface area contributed by atoms with Gasteiger partial charge in [0.05, 0.1) is 17.9 Å². The third-order valence-corrected chi connectivity index (χ3v) is 3.26. The molecule has 2 rings (SSSR count). The summed E-state index contributed by atoms with van der Waals surface area (Å²) < 4.78 is 0. The molecule has 1 aromatic rings. The van der Waals surface area contributed by atoms with E-state index in [-0.39, 0.29) is 30.4 Å². The fourth-order valence-corrected chi connectivity index (χ4v) is 2.29. The zero-order chi connectivity index (χ0) is 15.4. The van der Waals surface area contributed by atoms with Crippen LogP contribution >= 0.6 is 0 Å². The highest BCUT2D eigenvalue weighted by Gasteiger charge is 2.26. The summed E-state index contributed by atoms with van der Waals surface area (Å²) in [6, 6.07) is 7.45. The molecule has 0 saturated carbocycles. The van der Waals surface area contributed by atoms with Crippen molar-refractivity contribution in [1.29, 1.82) is 0 Å². The van der Waals surface area contributed by atoms with Crippen LogP contribution in [0.1, 0.15) is 13.8 Å². The molecule has 0 spiro atoms. The minimum Gasteiger partial charge on any atom is -0.381 e. The van der Waals surface area contributed by atoms with E-state index in [2.05, 4.69) is 16.0 Å². The average Bonchev–Trinajstić information content (AvgIpc) is 2.45. The minimum absolute atomic E-state index is 0.0663. The van der Waals surface area contributed by atoms with Gasteiger partial charge in [-0.1, -0.05) is 12.1 Å². The predicted octanol–water partition coefficient (Wildman–Crippen LogP) is 0.876. The smallest absolute Gasteiger partial charge is 0.247 e. The van der Waals surface area contributed by atoms with Gasteiger partial charge in [-0.25, -0.2) is 0 Å². The third-order valence-electron chi connectivity index (χ3n) is 3.26. The summed E-state index contributed by atoms with van der Waals surface area (Å²) in [5.41, 5.74) is 1.89. The summed E-state index contributed by atoms with van der Waals surface area (Å²) in [4.78, 5) is 25.5. The van der Waals surface area contributed by atoms with Crippen LogP contribution in [0.25, 0.3) is 0 Å². The number of nitrogens with zero attached hydrogens (tertiary/aromatic N) is 1. The number of benzene rings is 1. The number of carbonyl (C=O) groups excluding carboxylic acids is 2. The number of hydrogen-bond acceptors (Lipinski definition) is 4. The highest BCUT2D eigenvalue weighted by atomic mass is 16.2. The van der Waals surface area contributed by atoms with Crippen molar-refractivity contribution in [3.05, 3.63) is 24.3 Å². The molecule has 3 N–H and O–H groups in total. The van der Waals surface area contributed by atoms with Gasteiger partial charge in [0.1, 0.15) is 6.04 Å². The van der Waals surface area contributed by atoms with E-state index in [9.17, 15) is 9.59 Å². The Bertz CT molecular complexity index is 530. The first-order chi connectivity index (χ1) is 9.97. The van der Waals surface area contributed by atoms with Crippen molar-refractivity contribution in [3.8, 4) is 0 Å². The van der Waals surface area contributed by atoms with Crippen LogP contribution in [0.5, 0.6) is 0 Å². The maximum Gasteiger partial charge on any atom is 0.247 e. The number of anilines is 2. The average molecular weight is 290 g/mol. The Morgan fingerprint density at radius 1 is 1.33 bits per heavy atom. The largest absolute Gasteiger partial charge is 0.381 e. The number of likely N-dealkylation sites (N-methyl/N-ethyl adjacent to an activating group) is 1. The van der Waals surface area contributed by atoms with Gasteiger partial charge in [-0.2, -0.15) is 0 Å². The normalized spacial score (nSPS) is 16.5. The summed E-state index contributed by atoms with van der Waals surface area (Å²) in [5, 5.41) is 9.21. The molecule has 0 fully saturated rings. The highest BCUT2D eigenvalue weighted by molar-refractivity contribution is 5.91. The Morgan fingerprint density at radius 3 is 2.67 bits per heavy atom. The van der Waals surface area contributed by atoms with Crippen molar-refractivity contribution in [2.45, 2.75) is 25.9 Å². The molecule has 114 valence electrons. The van der Waals surface area contributed by atoms with Gasteiger partial charge in [-0.05, 0) is 26.0 Å². The predicted molar refractivity (Wildman–Crippen MR) is 83.3 cm³/mol. The lowest BCUT2D eigenvalue weighted by molar-refractivity contribution is -0.135. The van der Waals surface area contributed by atoms with Crippen molar-refractivity contribution in [3.63, 3.8) is 0 Å². The van der Waals surface area contributed by atoms with Crippen molar-refractivity contribution in [2.24, 2.45) is 0 Å². The van der Waals surface area contributed by atoms with Gasteiger partial charge in [-0.15, -0.1) is 0 Å². The van der Waals surface area contributed by atoms with Crippen LogP contribution in [-0.2, 0) is 9.59 Å².